The number of rotatable bonds is 5. The van der Waals surface area contributed by atoms with Gasteiger partial charge in [-0.25, -0.2) is 0 Å². The fourth-order valence-electron chi connectivity index (χ4n) is 2.34. The van der Waals surface area contributed by atoms with Crippen molar-refractivity contribution in [1.82, 2.24) is 4.90 Å². The van der Waals surface area contributed by atoms with Crippen LogP contribution in [0, 0.1) is 10.1 Å². The molecule has 1 aliphatic rings. The Morgan fingerprint density at radius 1 is 1.33 bits per heavy atom. The molecule has 1 aliphatic heterocycles. The first-order valence-electron chi connectivity index (χ1n) is 6.95. The van der Waals surface area contributed by atoms with Gasteiger partial charge in [-0.1, -0.05) is 0 Å². The van der Waals surface area contributed by atoms with Crippen LogP contribution in [0.25, 0.3) is 0 Å². The van der Waals surface area contributed by atoms with Crippen molar-refractivity contribution in [2.24, 2.45) is 0 Å². The number of piperidine rings is 1. The second-order valence-corrected chi connectivity index (χ2v) is 4.97. The molecule has 1 heterocycles. The van der Waals surface area contributed by atoms with Crippen LogP contribution in [0.4, 0.5) is 11.4 Å². The largest absolute Gasteiger partial charge is 0.496 e. The standard InChI is InChI=1S/C14H19N3O4/c1-21-13-8-11(7-12(9-13)17(19)20)15-10-14(18)16-5-3-2-4-6-16/h7-9,15H,2-6,10H2,1H3. The number of carbonyl (C=O) groups excluding carboxylic acids is 1. The molecule has 0 atom stereocenters. The van der Waals surface area contributed by atoms with Gasteiger partial charge in [0.2, 0.25) is 5.91 Å². The zero-order valence-electron chi connectivity index (χ0n) is 12.0. The average Bonchev–Trinajstić information content (AvgIpc) is 2.53. The minimum absolute atomic E-state index is 0.0140. The Hall–Kier alpha value is -2.31. The third-order valence-corrected chi connectivity index (χ3v) is 3.49. The number of nitrogens with zero attached hydrogens (tertiary/aromatic N) is 2. The summed E-state index contributed by atoms with van der Waals surface area (Å²) in [6.45, 7) is 1.71. The maximum atomic E-state index is 12.0. The molecule has 0 saturated carbocycles. The highest BCUT2D eigenvalue weighted by Gasteiger charge is 2.16. The van der Waals surface area contributed by atoms with Crippen LogP contribution in [-0.2, 0) is 4.79 Å². The first-order valence-corrected chi connectivity index (χ1v) is 6.95. The van der Waals surface area contributed by atoms with Crippen molar-refractivity contribution in [2.45, 2.75) is 19.3 Å². The molecule has 1 amide bonds. The van der Waals surface area contributed by atoms with Crippen LogP contribution in [0.3, 0.4) is 0 Å². The Morgan fingerprint density at radius 3 is 2.67 bits per heavy atom. The average molecular weight is 293 g/mol. The van der Waals surface area contributed by atoms with Crippen LogP contribution >= 0.6 is 0 Å². The van der Waals surface area contributed by atoms with E-state index in [1.54, 1.807) is 6.07 Å². The molecule has 1 fully saturated rings. The lowest BCUT2D eigenvalue weighted by atomic mass is 10.1. The molecule has 21 heavy (non-hydrogen) atoms. The molecule has 1 aromatic rings. The van der Waals surface area contributed by atoms with Crippen LogP contribution < -0.4 is 10.1 Å². The lowest BCUT2D eigenvalue weighted by Crippen LogP contribution is -2.39. The molecule has 2 rings (SSSR count). The predicted octanol–water partition coefficient (Wildman–Crippen LogP) is 2.03. The van der Waals surface area contributed by atoms with Gasteiger partial charge in [0.05, 0.1) is 24.6 Å². The van der Waals surface area contributed by atoms with Gasteiger partial charge in [-0.2, -0.15) is 0 Å². The molecule has 114 valence electrons. The maximum absolute atomic E-state index is 12.0. The molecule has 0 spiro atoms. The zero-order chi connectivity index (χ0) is 15.2. The number of anilines is 1. The van der Waals surface area contributed by atoms with Gasteiger partial charge in [0.15, 0.2) is 0 Å². The molecule has 1 aromatic carbocycles. The number of amides is 1. The Morgan fingerprint density at radius 2 is 2.05 bits per heavy atom. The summed E-state index contributed by atoms with van der Waals surface area (Å²) >= 11 is 0. The number of hydrogen-bond acceptors (Lipinski definition) is 5. The summed E-state index contributed by atoms with van der Waals surface area (Å²) in [6.07, 6.45) is 3.24. The summed E-state index contributed by atoms with van der Waals surface area (Å²) in [4.78, 5) is 24.2. The third-order valence-electron chi connectivity index (χ3n) is 3.49. The maximum Gasteiger partial charge on any atom is 0.275 e. The number of non-ortho nitro benzene ring substituents is 1. The van der Waals surface area contributed by atoms with E-state index in [1.807, 2.05) is 4.90 Å². The van der Waals surface area contributed by atoms with Crippen LogP contribution in [0.1, 0.15) is 19.3 Å². The number of likely N-dealkylation sites (tertiary alicyclic amines) is 1. The van der Waals surface area contributed by atoms with E-state index in [1.165, 1.54) is 25.7 Å². The second-order valence-electron chi connectivity index (χ2n) is 4.97. The van der Waals surface area contributed by atoms with E-state index in [0.29, 0.717) is 11.4 Å². The van der Waals surface area contributed by atoms with Crippen molar-refractivity contribution in [3.8, 4) is 5.75 Å². The van der Waals surface area contributed by atoms with Crippen LogP contribution in [0.5, 0.6) is 5.75 Å². The highest BCUT2D eigenvalue weighted by molar-refractivity contribution is 5.81. The molecule has 0 aromatic heterocycles. The van der Waals surface area contributed by atoms with Gasteiger partial charge >= 0.3 is 0 Å². The molecule has 7 heteroatoms. The first-order chi connectivity index (χ1) is 10.1. The smallest absolute Gasteiger partial charge is 0.275 e. The molecular weight excluding hydrogens is 274 g/mol. The molecule has 1 N–H and O–H groups in total. The van der Waals surface area contributed by atoms with E-state index in [-0.39, 0.29) is 18.1 Å². The number of nitro groups is 1. The zero-order valence-corrected chi connectivity index (χ0v) is 12.0. The van der Waals surface area contributed by atoms with Crippen molar-refractivity contribution >= 4 is 17.3 Å². The quantitative estimate of drug-likeness (QED) is 0.663. The number of nitrogens with one attached hydrogen (secondary N) is 1. The Bertz CT molecular complexity index is 527. The van der Waals surface area contributed by atoms with E-state index in [9.17, 15) is 14.9 Å². The van der Waals surface area contributed by atoms with Gasteiger partial charge in [-0.3, -0.25) is 14.9 Å². The van der Waals surface area contributed by atoms with Crippen LogP contribution in [0.15, 0.2) is 18.2 Å². The number of benzene rings is 1. The topological polar surface area (TPSA) is 84.7 Å². The van der Waals surface area contributed by atoms with Crippen molar-refractivity contribution in [1.29, 1.82) is 0 Å². The molecular formula is C14H19N3O4. The monoisotopic (exact) mass is 293 g/mol. The highest BCUT2D eigenvalue weighted by atomic mass is 16.6. The lowest BCUT2D eigenvalue weighted by Gasteiger charge is -2.26. The number of ether oxygens (including phenoxy) is 1. The molecule has 7 nitrogen and oxygen atoms in total. The van der Waals surface area contributed by atoms with Gasteiger partial charge in [0, 0.05) is 30.9 Å². The number of carbonyl (C=O) groups is 1. The second kappa shape index (κ2) is 6.92. The highest BCUT2D eigenvalue weighted by Crippen LogP contribution is 2.25. The fraction of sp³-hybridized carbons (Fsp3) is 0.500. The van der Waals surface area contributed by atoms with Gasteiger partial charge in [-0.15, -0.1) is 0 Å². The normalized spacial score (nSPS) is 14.6. The van der Waals surface area contributed by atoms with Gasteiger partial charge in [0.1, 0.15) is 5.75 Å². The molecule has 0 radical (unpaired) electrons. The first kappa shape index (κ1) is 15.1. The summed E-state index contributed by atoms with van der Waals surface area (Å²) in [5.41, 5.74) is 0.439. The summed E-state index contributed by atoms with van der Waals surface area (Å²) < 4.78 is 5.03. The molecule has 0 bridgehead atoms. The lowest BCUT2D eigenvalue weighted by molar-refractivity contribution is -0.384. The van der Waals surface area contributed by atoms with Crippen LogP contribution in [0.2, 0.25) is 0 Å². The van der Waals surface area contributed by atoms with E-state index in [2.05, 4.69) is 5.32 Å². The van der Waals surface area contributed by atoms with E-state index < -0.39 is 4.92 Å². The number of methoxy groups -OCH3 is 1. The summed E-state index contributed by atoms with van der Waals surface area (Å²) in [6, 6.07) is 4.38. The Balaban J connectivity index is 2.00. The van der Waals surface area contributed by atoms with Gasteiger partial charge < -0.3 is 15.0 Å². The third kappa shape index (κ3) is 4.08. The number of hydrogen-bond donors (Lipinski definition) is 1. The van der Waals surface area contributed by atoms with E-state index in [0.717, 1.165) is 25.9 Å². The van der Waals surface area contributed by atoms with Gasteiger partial charge in [-0.05, 0) is 19.3 Å². The van der Waals surface area contributed by atoms with Gasteiger partial charge in [0.25, 0.3) is 5.69 Å². The summed E-state index contributed by atoms with van der Waals surface area (Å²) in [7, 11) is 1.45. The molecule has 0 aliphatic carbocycles. The minimum Gasteiger partial charge on any atom is -0.496 e. The Labute approximate surface area is 123 Å². The van der Waals surface area contributed by atoms with E-state index >= 15 is 0 Å². The molecule has 0 unspecified atom stereocenters. The van der Waals surface area contributed by atoms with Crippen molar-refractivity contribution in [3.63, 3.8) is 0 Å². The molecule has 1 saturated heterocycles. The predicted molar refractivity (Wildman–Crippen MR) is 78.6 cm³/mol. The number of nitro benzene ring substituents is 1. The van der Waals surface area contributed by atoms with Crippen molar-refractivity contribution in [2.75, 3.05) is 32.1 Å². The SMILES string of the molecule is COc1cc(NCC(=O)N2CCCCC2)cc([N+](=O)[O-])c1. The van der Waals surface area contributed by atoms with Crippen LogP contribution in [-0.4, -0.2) is 42.5 Å². The Kier molecular flexibility index (Phi) is 4.97. The van der Waals surface area contributed by atoms with Crippen molar-refractivity contribution in [3.05, 3.63) is 28.3 Å². The van der Waals surface area contributed by atoms with E-state index in [4.69, 9.17) is 4.74 Å². The minimum atomic E-state index is -0.486. The summed E-state index contributed by atoms with van der Waals surface area (Å²) in [5, 5.41) is 13.8. The fourth-order valence-corrected chi connectivity index (χ4v) is 2.34. The van der Waals surface area contributed by atoms with Crippen molar-refractivity contribution < 1.29 is 14.5 Å². The summed E-state index contributed by atoms with van der Waals surface area (Å²) in [5.74, 6) is 0.400.